The monoisotopic (exact) mass is 453 g/mol. The summed E-state index contributed by atoms with van der Waals surface area (Å²) in [7, 11) is 1.44. The lowest BCUT2D eigenvalue weighted by Crippen LogP contribution is -2.30. The molecule has 1 amide bonds. The van der Waals surface area contributed by atoms with Gasteiger partial charge in [0.25, 0.3) is 11.7 Å². The van der Waals surface area contributed by atoms with Crippen LogP contribution in [0.1, 0.15) is 30.5 Å². The molecule has 0 aliphatic carbocycles. The van der Waals surface area contributed by atoms with Crippen LogP contribution in [0.25, 0.3) is 5.76 Å². The minimum Gasteiger partial charge on any atom is -0.507 e. The lowest BCUT2D eigenvalue weighted by molar-refractivity contribution is -0.139. The van der Waals surface area contributed by atoms with Crippen molar-refractivity contribution in [3.63, 3.8) is 0 Å². The molecule has 5 nitrogen and oxygen atoms in total. The lowest BCUT2D eigenvalue weighted by atomic mass is 9.95. The van der Waals surface area contributed by atoms with Crippen molar-refractivity contribution in [3.05, 3.63) is 68.2 Å². The summed E-state index contributed by atoms with van der Waals surface area (Å²) in [5.41, 5.74) is 0.733. The van der Waals surface area contributed by atoms with Gasteiger partial charge in [0, 0.05) is 11.6 Å². The summed E-state index contributed by atoms with van der Waals surface area (Å²) >= 11 is 18.3. The number of halogens is 3. The van der Waals surface area contributed by atoms with Crippen LogP contribution >= 0.6 is 34.8 Å². The topological polar surface area (TPSA) is 66.8 Å². The molecule has 1 N–H and O–H groups in total. The van der Waals surface area contributed by atoms with Crippen molar-refractivity contribution in [2.45, 2.75) is 19.4 Å². The fraction of sp³-hybridized carbons (Fsp3) is 0.238. The van der Waals surface area contributed by atoms with Gasteiger partial charge in [-0.25, -0.2) is 0 Å². The minimum atomic E-state index is -0.812. The largest absolute Gasteiger partial charge is 0.507 e. The van der Waals surface area contributed by atoms with Gasteiger partial charge in [0.05, 0.1) is 34.3 Å². The molecule has 8 heteroatoms. The smallest absolute Gasteiger partial charge is 0.295 e. The van der Waals surface area contributed by atoms with E-state index in [9.17, 15) is 14.7 Å². The number of carbonyl (C=O) groups is 2. The highest BCUT2D eigenvalue weighted by atomic mass is 35.5. The van der Waals surface area contributed by atoms with Gasteiger partial charge in [-0.05, 0) is 42.3 Å². The third-order valence-electron chi connectivity index (χ3n) is 4.68. The maximum absolute atomic E-state index is 12.9. The number of ether oxygens (including phenoxy) is 1. The molecular weight excluding hydrogens is 437 g/mol. The zero-order chi connectivity index (χ0) is 21.3. The van der Waals surface area contributed by atoms with Crippen LogP contribution in [0, 0.1) is 0 Å². The van der Waals surface area contributed by atoms with Crippen LogP contribution in [-0.2, 0) is 9.59 Å². The van der Waals surface area contributed by atoms with Gasteiger partial charge in [0.2, 0.25) is 0 Å². The van der Waals surface area contributed by atoms with E-state index in [1.54, 1.807) is 30.3 Å². The van der Waals surface area contributed by atoms with Crippen LogP contribution in [0.4, 0.5) is 0 Å². The molecule has 0 saturated carbocycles. The third kappa shape index (κ3) is 3.95. The van der Waals surface area contributed by atoms with Crippen molar-refractivity contribution < 1.29 is 19.4 Å². The molecule has 0 bridgehead atoms. The van der Waals surface area contributed by atoms with E-state index in [1.165, 1.54) is 18.1 Å². The number of carbonyl (C=O) groups excluding carboxylic acids is 2. The molecule has 1 fully saturated rings. The number of aliphatic hydroxyl groups is 1. The van der Waals surface area contributed by atoms with E-state index >= 15 is 0 Å². The third-order valence-corrected chi connectivity index (χ3v) is 5.65. The van der Waals surface area contributed by atoms with E-state index < -0.39 is 17.7 Å². The van der Waals surface area contributed by atoms with Crippen molar-refractivity contribution in [1.29, 1.82) is 0 Å². The molecule has 0 aromatic heterocycles. The summed E-state index contributed by atoms with van der Waals surface area (Å²) in [6, 6.07) is 8.70. The first-order valence-electron chi connectivity index (χ1n) is 8.87. The van der Waals surface area contributed by atoms with Crippen LogP contribution in [0.5, 0.6) is 5.75 Å². The molecule has 1 aliphatic rings. The Morgan fingerprint density at radius 3 is 2.45 bits per heavy atom. The lowest BCUT2D eigenvalue weighted by Gasteiger charge is -2.25. The van der Waals surface area contributed by atoms with Gasteiger partial charge in [-0.15, -0.1) is 0 Å². The van der Waals surface area contributed by atoms with Gasteiger partial charge >= 0.3 is 0 Å². The Morgan fingerprint density at radius 1 is 1.10 bits per heavy atom. The summed E-state index contributed by atoms with van der Waals surface area (Å²) in [6.45, 7) is 2.23. The second-order valence-corrected chi connectivity index (χ2v) is 7.76. The first-order chi connectivity index (χ1) is 13.8. The van der Waals surface area contributed by atoms with Crippen molar-refractivity contribution in [2.24, 2.45) is 0 Å². The molecule has 1 aliphatic heterocycles. The molecule has 1 atom stereocenters. The van der Waals surface area contributed by atoms with E-state index in [-0.39, 0.29) is 21.9 Å². The maximum Gasteiger partial charge on any atom is 0.295 e. The van der Waals surface area contributed by atoms with E-state index in [1.807, 2.05) is 6.92 Å². The Bertz CT molecular complexity index is 1020. The summed E-state index contributed by atoms with van der Waals surface area (Å²) < 4.78 is 5.29. The second-order valence-electron chi connectivity index (χ2n) is 6.51. The normalized spacial score (nSPS) is 18.4. The molecule has 2 aromatic rings. The Morgan fingerprint density at radius 2 is 1.83 bits per heavy atom. The summed E-state index contributed by atoms with van der Waals surface area (Å²) in [5.74, 6) is -1.52. The Labute approximate surface area is 183 Å². The SMILES string of the molecule is CCCN1C(=O)C(=O)/C(=C(/O)c2cc(Cl)ccc2OC)C1c1ccc(Cl)c(Cl)c1. The van der Waals surface area contributed by atoms with Crippen molar-refractivity contribution in [1.82, 2.24) is 4.90 Å². The molecule has 1 unspecified atom stereocenters. The number of Topliss-reactive ketones (excluding diaryl/α,β-unsaturated/α-hetero) is 1. The number of benzene rings is 2. The molecule has 29 heavy (non-hydrogen) atoms. The quantitative estimate of drug-likeness (QED) is 0.369. The first-order valence-corrected chi connectivity index (χ1v) is 10.0. The summed E-state index contributed by atoms with van der Waals surface area (Å²) in [6.07, 6.45) is 0.630. The van der Waals surface area contributed by atoms with E-state index in [4.69, 9.17) is 39.5 Å². The predicted molar refractivity (Wildman–Crippen MR) is 114 cm³/mol. The Balaban J connectivity index is 2.27. The highest BCUT2D eigenvalue weighted by Gasteiger charge is 2.46. The summed E-state index contributed by atoms with van der Waals surface area (Å²) in [5, 5.41) is 12.0. The van der Waals surface area contributed by atoms with E-state index in [0.29, 0.717) is 34.3 Å². The molecular formula is C21H18Cl3NO4. The van der Waals surface area contributed by atoms with Gasteiger partial charge in [0.15, 0.2) is 0 Å². The summed E-state index contributed by atoms with van der Waals surface area (Å²) in [4.78, 5) is 27.0. The zero-order valence-electron chi connectivity index (χ0n) is 15.7. The molecule has 0 radical (unpaired) electrons. The zero-order valence-corrected chi connectivity index (χ0v) is 18.0. The van der Waals surface area contributed by atoms with Crippen LogP contribution in [0.15, 0.2) is 42.0 Å². The van der Waals surface area contributed by atoms with Crippen molar-refractivity contribution in [2.75, 3.05) is 13.7 Å². The van der Waals surface area contributed by atoms with E-state index in [0.717, 1.165) is 0 Å². The number of methoxy groups -OCH3 is 1. The number of likely N-dealkylation sites (tertiary alicyclic amines) is 1. The van der Waals surface area contributed by atoms with Crippen molar-refractivity contribution in [3.8, 4) is 5.75 Å². The average Bonchev–Trinajstić information content (AvgIpc) is 2.95. The molecule has 3 rings (SSSR count). The van der Waals surface area contributed by atoms with Gasteiger partial charge < -0.3 is 14.7 Å². The number of aliphatic hydroxyl groups excluding tert-OH is 1. The number of ketones is 1. The number of nitrogens with zero attached hydrogens (tertiary/aromatic N) is 1. The number of rotatable bonds is 5. The van der Waals surface area contributed by atoms with Gasteiger partial charge in [-0.3, -0.25) is 9.59 Å². The van der Waals surface area contributed by atoms with Crippen LogP contribution < -0.4 is 4.74 Å². The first kappa shape index (κ1) is 21.5. The molecule has 2 aromatic carbocycles. The van der Waals surface area contributed by atoms with Crippen LogP contribution in [0.2, 0.25) is 15.1 Å². The number of hydrogen-bond donors (Lipinski definition) is 1. The number of hydrogen-bond acceptors (Lipinski definition) is 4. The molecule has 152 valence electrons. The maximum atomic E-state index is 12.9. The molecule has 1 saturated heterocycles. The molecule has 1 heterocycles. The fourth-order valence-corrected chi connectivity index (χ4v) is 3.87. The standard InChI is InChI=1S/C21H18Cl3NO4/c1-3-8-25-18(11-4-6-14(23)15(24)9-11)17(20(27)21(25)28)19(26)13-10-12(22)5-7-16(13)29-2/h4-7,9-10,18,26H,3,8H2,1-2H3/b19-17+. The number of amides is 1. The molecule has 0 spiro atoms. The fourth-order valence-electron chi connectivity index (χ4n) is 3.39. The predicted octanol–water partition coefficient (Wildman–Crippen LogP) is 5.49. The van der Waals surface area contributed by atoms with Crippen LogP contribution in [-0.4, -0.2) is 35.4 Å². The average molecular weight is 455 g/mol. The Hall–Kier alpha value is -2.21. The minimum absolute atomic E-state index is 0.0533. The van der Waals surface area contributed by atoms with Gasteiger partial charge in [0.1, 0.15) is 11.5 Å². The van der Waals surface area contributed by atoms with Crippen LogP contribution in [0.3, 0.4) is 0 Å². The van der Waals surface area contributed by atoms with Gasteiger partial charge in [-0.1, -0.05) is 47.8 Å². The van der Waals surface area contributed by atoms with Crippen molar-refractivity contribution >= 4 is 52.3 Å². The van der Waals surface area contributed by atoms with Gasteiger partial charge in [-0.2, -0.15) is 0 Å². The second kappa shape index (κ2) is 8.66. The highest BCUT2D eigenvalue weighted by molar-refractivity contribution is 6.47. The van der Waals surface area contributed by atoms with E-state index in [2.05, 4.69) is 0 Å². The Kier molecular flexibility index (Phi) is 6.42. The highest BCUT2D eigenvalue weighted by Crippen LogP contribution is 2.42.